The Balaban J connectivity index is 1.49. The molecule has 4 aliphatic rings. The molecule has 7 atom stereocenters. The van der Waals surface area contributed by atoms with Gasteiger partial charge >= 0.3 is 0 Å². The number of carbonyl (C=O) groups excluding carboxylic acids is 1. The zero-order valence-corrected chi connectivity index (χ0v) is 19.6. The molecule has 0 aromatic carbocycles. The summed E-state index contributed by atoms with van der Waals surface area (Å²) >= 11 is 0. The highest BCUT2D eigenvalue weighted by Gasteiger charge is 2.81. The highest BCUT2D eigenvalue weighted by Crippen LogP contribution is 2.86. The van der Waals surface area contributed by atoms with Crippen LogP contribution in [0.4, 0.5) is 0 Å². The van der Waals surface area contributed by atoms with Crippen LogP contribution in [0.5, 0.6) is 0 Å². The average Bonchev–Trinajstić information content (AvgIpc) is 3.40. The number of hydrogen-bond donors (Lipinski definition) is 3. The van der Waals surface area contributed by atoms with Crippen molar-refractivity contribution in [1.29, 1.82) is 0 Å². The highest BCUT2D eigenvalue weighted by atomic mass is 16.3. The Morgan fingerprint density at radius 2 is 2.09 bits per heavy atom. The summed E-state index contributed by atoms with van der Waals surface area (Å²) in [4.78, 5) is 17.1. The van der Waals surface area contributed by atoms with Crippen molar-refractivity contribution >= 4 is 5.91 Å². The molecule has 5 heteroatoms. The van der Waals surface area contributed by atoms with Gasteiger partial charge < -0.3 is 15.5 Å². The van der Waals surface area contributed by atoms with Crippen LogP contribution in [-0.2, 0) is 0 Å². The fraction of sp³-hybridized carbons (Fsp3) is 0.704. The van der Waals surface area contributed by atoms with Crippen LogP contribution in [0, 0.1) is 33.5 Å². The van der Waals surface area contributed by atoms with Gasteiger partial charge in [-0.2, -0.15) is 0 Å². The average molecular weight is 439 g/mol. The Kier molecular flexibility index (Phi) is 5.10. The Bertz CT molecular complexity index is 919. The molecule has 1 aromatic heterocycles. The van der Waals surface area contributed by atoms with E-state index >= 15 is 0 Å². The van der Waals surface area contributed by atoms with E-state index in [1.807, 2.05) is 6.07 Å². The molecule has 1 heterocycles. The second-order valence-electron chi connectivity index (χ2n) is 11.7. The second-order valence-corrected chi connectivity index (χ2v) is 11.7. The minimum Gasteiger partial charge on any atom is -0.396 e. The number of aliphatic hydroxyl groups is 2. The standard InChI is InChI=1S/C27H38N2O3/c1-18-6-7-22-24(18,2)10-11-27(25(3)9-8-21(31)13-20(25)15-30)16-26(22,27)17-29-23(32)19-5-4-12-28-14-19/h4-5,12,14,20-22,30-31H,1,6-11,13,15-17H2,2-3H3,(H,29,32)/t20-,21+,22-,24-,25+,26+,27+/m1/s1. The summed E-state index contributed by atoms with van der Waals surface area (Å²) in [5, 5.41) is 24.0. The van der Waals surface area contributed by atoms with E-state index in [0.717, 1.165) is 44.9 Å². The molecule has 3 N–H and O–H groups in total. The first-order valence-corrected chi connectivity index (χ1v) is 12.4. The SMILES string of the molecule is C=C1CC[C@H]2[C@@]3(CNC(=O)c4cccnc4)C[C@]3([C@@]3(C)CC[C@H](O)C[C@@H]3CO)CC[C@]12C. The van der Waals surface area contributed by atoms with Crippen LogP contribution >= 0.6 is 0 Å². The van der Waals surface area contributed by atoms with Crippen molar-refractivity contribution in [2.45, 2.75) is 71.3 Å². The third-order valence-electron chi connectivity index (χ3n) is 10.8. The van der Waals surface area contributed by atoms with Gasteiger partial charge in [0.25, 0.3) is 5.91 Å². The lowest BCUT2D eigenvalue weighted by atomic mass is 9.49. The molecular formula is C27H38N2O3. The fourth-order valence-corrected chi connectivity index (χ4v) is 8.70. The molecule has 5 rings (SSSR count). The van der Waals surface area contributed by atoms with Crippen LogP contribution < -0.4 is 5.32 Å². The van der Waals surface area contributed by atoms with Crippen molar-refractivity contribution in [2.75, 3.05) is 13.2 Å². The third kappa shape index (κ3) is 2.83. The summed E-state index contributed by atoms with van der Waals surface area (Å²) in [6.45, 7) is 10.0. The number of aliphatic hydroxyl groups excluding tert-OH is 2. The minimum absolute atomic E-state index is 0.0226. The van der Waals surface area contributed by atoms with E-state index in [9.17, 15) is 15.0 Å². The first-order valence-electron chi connectivity index (χ1n) is 12.4. The van der Waals surface area contributed by atoms with Crippen molar-refractivity contribution in [3.63, 3.8) is 0 Å². The molecule has 0 unspecified atom stereocenters. The maximum atomic E-state index is 13.0. The topological polar surface area (TPSA) is 82.5 Å². The number of nitrogens with one attached hydrogen (secondary N) is 1. The van der Waals surface area contributed by atoms with Gasteiger partial charge in [0.15, 0.2) is 0 Å². The molecule has 4 aliphatic carbocycles. The summed E-state index contributed by atoms with van der Waals surface area (Å²) in [5.41, 5.74) is 2.23. The van der Waals surface area contributed by atoms with Gasteiger partial charge in [0.05, 0.1) is 11.7 Å². The van der Waals surface area contributed by atoms with E-state index in [-0.39, 0.29) is 46.2 Å². The number of fused-ring (bicyclic) bond motifs is 3. The lowest BCUT2D eigenvalue weighted by Crippen LogP contribution is -2.53. The number of rotatable bonds is 5. The summed E-state index contributed by atoms with van der Waals surface area (Å²) in [5.74, 6) is 0.560. The maximum Gasteiger partial charge on any atom is 0.252 e. The predicted molar refractivity (Wildman–Crippen MR) is 124 cm³/mol. The molecule has 174 valence electrons. The van der Waals surface area contributed by atoms with E-state index < -0.39 is 0 Å². The summed E-state index contributed by atoms with van der Waals surface area (Å²) < 4.78 is 0. The summed E-state index contributed by atoms with van der Waals surface area (Å²) in [7, 11) is 0. The summed E-state index contributed by atoms with van der Waals surface area (Å²) in [6.07, 6.45) is 11.0. The first-order chi connectivity index (χ1) is 15.2. The zero-order chi connectivity index (χ0) is 22.8. The molecule has 5 nitrogen and oxygen atoms in total. The van der Waals surface area contributed by atoms with Crippen LogP contribution in [0.3, 0.4) is 0 Å². The van der Waals surface area contributed by atoms with Crippen LogP contribution in [0.25, 0.3) is 0 Å². The molecule has 0 aliphatic heterocycles. The van der Waals surface area contributed by atoms with Gasteiger partial charge in [-0.25, -0.2) is 0 Å². The number of nitrogens with zero attached hydrogens (tertiary/aromatic N) is 1. The number of pyridine rings is 1. The fourth-order valence-electron chi connectivity index (χ4n) is 8.70. The van der Waals surface area contributed by atoms with E-state index in [2.05, 4.69) is 30.7 Å². The molecule has 0 radical (unpaired) electrons. The van der Waals surface area contributed by atoms with Gasteiger partial charge in [0.2, 0.25) is 0 Å². The van der Waals surface area contributed by atoms with Gasteiger partial charge in [0, 0.05) is 25.5 Å². The van der Waals surface area contributed by atoms with Crippen LogP contribution in [0.1, 0.15) is 75.6 Å². The summed E-state index contributed by atoms with van der Waals surface area (Å²) in [6, 6.07) is 3.61. The van der Waals surface area contributed by atoms with Gasteiger partial charge in [-0.05, 0) is 97.0 Å². The number of aromatic nitrogens is 1. The van der Waals surface area contributed by atoms with Gasteiger partial charge in [-0.15, -0.1) is 0 Å². The van der Waals surface area contributed by atoms with Crippen LogP contribution in [-0.4, -0.2) is 40.4 Å². The van der Waals surface area contributed by atoms with E-state index in [4.69, 9.17) is 0 Å². The highest BCUT2D eigenvalue weighted by molar-refractivity contribution is 5.93. The molecule has 4 saturated carbocycles. The molecular weight excluding hydrogens is 400 g/mol. The van der Waals surface area contributed by atoms with E-state index in [1.54, 1.807) is 18.5 Å². The molecule has 0 bridgehead atoms. The van der Waals surface area contributed by atoms with Gasteiger partial charge in [-0.1, -0.05) is 26.0 Å². The van der Waals surface area contributed by atoms with Crippen molar-refractivity contribution in [1.82, 2.24) is 10.3 Å². The van der Waals surface area contributed by atoms with Gasteiger partial charge in [-0.3, -0.25) is 9.78 Å². The lowest BCUT2D eigenvalue weighted by molar-refractivity contribution is -0.0962. The predicted octanol–water partition coefficient (Wildman–Crippen LogP) is 4.11. The minimum atomic E-state index is -0.310. The molecule has 1 amide bonds. The number of amides is 1. The number of carbonyl (C=O) groups is 1. The zero-order valence-electron chi connectivity index (χ0n) is 19.6. The molecule has 0 spiro atoms. The Morgan fingerprint density at radius 3 is 2.81 bits per heavy atom. The Morgan fingerprint density at radius 1 is 1.28 bits per heavy atom. The monoisotopic (exact) mass is 438 g/mol. The molecule has 32 heavy (non-hydrogen) atoms. The van der Waals surface area contributed by atoms with Crippen molar-refractivity contribution < 1.29 is 15.0 Å². The largest absolute Gasteiger partial charge is 0.396 e. The van der Waals surface area contributed by atoms with Crippen molar-refractivity contribution in [3.8, 4) is 0 Å². The van der Waals surface area contributed by atoms with Crippen LogP contribution in [0.15, 0.2) is 36.7 Å². The maximum absolute atomic E-state index is 13.0. The van der Waals surface area contributed by atoms with Crippen LogP contribution in [0.2, 0.25) is 0 Å². The molecule has 0 saturated heterocycles. The smallest absolute Gasteiger partial charge is 0.252 e. The Hall–Kier alpha value is -1.72. The van der Waals surface area contributed by atoms with Gasteiger partial charge in [0.1, 0.15) is 0 Å². The van der Waals surface area contributed by atoms with Crippen molar-refractivity contribution in [3.05, 3.63) is 42.2 Å². The number of hydrogen-bond acceptors (Lipinski definition) is 4. The van der Waals surface area contributed by atoms with Crippen molar-refractivity contribution in [2.24, 2.45) is 33.5 Å². The first kappa shape index (κ1) is 22.1. The normalized spacial score (nSPS) is 45.1. The Labute approximate surface area is 191 Å². The van der Waals surface area contributed by atoms with E-state index in [0.29, 0.717) is 24.4 Å². The quantitative estimate of drug-likeness (QED) is 0.604. The number of allylic oxidation sites excluding steroid dienone is 1. The molecule has 4 fully saturated rings. The second kappa shape index (κ2) is 7.39. The third-order valence-corrected chi connectivity index (χ3v) is 10.8. The van der Waals surface area contributed by atoms with E-state index in [1.165, 1.54) is 5.57 Å². The molecule has 1 aromatic rings. The lowest BCUT2D eigenvalue weighted by Gasteiger charge is -2.56.